The smallest absolute Gasteiger partial charge is 0.102 e. The van der Waals surface area contributed by atoms with Gasteiger partial charge in [0, 0.05) is 6.42 Å². The lowest BCUT2D eigenvalue weighted by Crippen LogP contribution is -2.08. The van der Waals surface area contributed by atoms with Gasteiger partial charge in [-0.2, -0.15) is 0 Å². The number of rotatable bonds is 4. The molecule has 0 bridgehead atoms. The number of hydrogen-bond acceptors (Lipinski definition) is 1. The maximum Gasteiger partial charge on any atom is 0.102 e. The molecule has 0 spiro atoms. The summed E-state index contributed by atoms with van der Waals surface area (Å²) in [6.07, 6.45) is 0.882. The van der Waals surface area contributed by atoms with Crippen molar-refractivity contribution in [3.63, 3.8) is 0 Å². The molecule has 0 aromatic heterocycles. The summed E-state index contributed by atoms with van der Waals surface area (Å²) >= 11 is 0. The maximum absolute atomic E-state index is 12.6. The molecule has 1 unspecified atom stereocenters. The molecule has 0 aliphatic carbocycles. The first kappa shape index (κ1) is 9.45. The van der Waals surface area contributed by atoms with E-state index >= 15 is 0 Å². The molecular formula is C8H14FN. The van der Waals surface area contributed by atoms with E-state index < -0.39 is 6.17 Å². The molecule has 0 aliphatic rings. The third kappa shape index (κ3) is 5.58. The molecule has 0 saturated carbocycles. The van der Waals surface area contributed by atoms with Crippen LogP contribution >= 0.6 is 0 Å². The molecule has 0 rings (SSSR count). The van der Waals surface area contributed by atoms with E-state index in [2.05, 4.69) is 11.8 Å². The molecule has 0 saturated heterocycles. The molecule has 0 aromatic carbocycles. The van der Waals surface area contributed by atoms with Crippen LogP contribution in [0.4, 0.5) is 4.39 Å². The van der Waals surface area contributed by atoms with Crippen LogP contribution in [0, 0.1) is 11.8 Å². The van der Waals surface area contributed by atoms with Crippen LogP contribution in [-0.2, 0) is 0 Å². The van der Waals surface area contributed by atoms with Gasteiger partial charge in [-0.05, 0) is 26.3 Å². The second kappa shape index (κ2) is 6.57. The SMILES string of the molecule is CC#CCCC(F)CCN. The lowest BCUT2D eigenvalue weighted by molar-refractivity contribution is 0.303. The fourth-order valence-electron chi connectivity index (χ4n) is 0.679. The Kier molecular flexibility index (Phi) is 6.21. The molecule has 2 N–H and O–H groups in total. The minimum absolute atomic E-state index is 0.431. The normalized spacial score (nSPS) is 11.9. The van der Waals surface area contributed by atoms with E-state index in [9.17, 15) is 4.39 Å². The van der Waals surface area contributed by atoms with E-state index in [4.69, 9.17) is 5.73 Å². The van der Waals surface area contributed by atoms with Crippen molar-refractivity contribution < 1.29 is 4.39 Å². The Hall–Kier alpha value is -0.550. The molecular weight excluding hydrogens is 129 g/mol. The Morgan fingerprint density at radius 1 is 1.50 bits per heavy atom. The highest BCUT2D eigenvalue weighted by Gasteiger charge is 2.01. The Morgan fingerprint density at radius 2 is 2.20 bits per heavy atom. The van der Waals surface area contributed by atoms with Crippen molar-refractivity contribution in [2.24, 2.45) is 5.73 Å². The first-order valence-corrected chi connectivity index (χ1v) is 3.55. The lowest BCUT2D eigenvalue weighted by Gasteiger charge is -2.01. The topological polar surface area (TPSA) is 26.0 Å². The van der Waals surface area contributed by atoms with Crippen LogP contribution in [-0.4, -0.2) is 12.7 Å². The van der Waals surface area contributed by atoms with Gasteiger partial charge in [0.25, 0.3) is 0 Å². The molecule has 58 valence electrons. The van der Waals surface area contributed by atoms with Gasteiger partial charge in [-0.15, -0.1) is 11.8 Å². The van der Waals surface area contributed by atoms with Gasteiger partial charge in [0.15, 0.2) is 0 Å². The fourth-order valence-corrected chi connectivity index (χ4v) is 0.679. The zero-order valence-electron chi connectivity index (χ0n) is 6.36. The molecule has 0 amide bonds. The van der Waals surface area contributed by atoms with Crippen LogP contribution in [0.15, 0.2) is 0 Å². The van der Waals surface area contributed by atoms with Gasteiger partial charge in [-0.25, -0.2) is 4.39 Å². The fraction of sp³-hybridized carbons (Fsp3) is 0.750. The number of hydrogen-bond donors (Lipinski definition) is 1. The third-order valence-corrected chi connectivity index (χ3v) is 1.24. The Morgan fingerprint density at radius 3 is 2.70 bits per heavy atom. The first-order chi connectivity index (χ1) is 4.81. The van der Waals surface area contributed by atoms with Gasteiger partial charge >= 0.3 is 0 Å². The summed E-state index contributed by atoms with van der Waals surface area (Å²) in [5.74, 6) is 5.52. The van der Waals surface area contributed by atoms with Crippen LogP contribution in [0.3, 0.4) is 0 Å². The number of alkyl halides is 1. The summed E-state index contributed by atoms with van der Waals surface area (Å²) in [4.78, 5) is 0. The van der Waals surface area contributed by atoms with Crippen LogP contribution in [0.1, 0.15) is 26.2 Å². The van der Waals surface area contributed by atoms with Crippen molar-refractivity contribution in [3.05, 3.63) is 0 Å². The second-order valence-electron chi connectivity index (χ2n) is 2.14. The summed E-state index contributed by atoms with van der Waals surface area (Å²) in [5, 5.41) is 0. The number of nitrogens with two attached hydrogens (primary N) is 1. The quantitative estimate of drug-likeness (QED) is 0.593. The highest BCUT2D eigenvalue weighted by molar-refractivity contribution is 4.94. The predicted octanol–water partition coefficient (Wildman–Crippen LogP) is 1.48. The summed E-state index contributed by atoms with van der Waals surface area (Å²) in [6.45, 7) is 2.19. The van der Waals surface area contributed by atoms with Crippen LogP contribution < -0.4 is 5.73 Å². The maximum atomic E-state index is 12.6. The molecule has 0 aliphatic heterocycles. The molecule has 0 radical (unpaired) electrons. The minimum Gasteiger partial charge on any atom is -0.330 e. The highest BCUT2D eigenvalue weighted by atomic mass is 19.1. The lowest BCUT2D eigenvalue weighted by atomic mass is 10.1. The van der Waals surface area contributed by atoms with Gasteiger partial charge in [0.1, 0.15) is 6.17 Å². The predicted molar refractivity (Wildman–Crippen MR) is 41.3 cm³/mol. The average Bonchev–Trinajstić information content (AvgIpc) is 1.89. The molecule has 2 heteroatoms. The van der Waals surface area contributed by atoms with Crippen molar-refractivity contribution in [2.45, 2.75) is 32.4 Å². The van der Waals surface area contributed by atoms with E-state index in [1.807, 2.05) is 0 Å². The van der Waals surface area contributed by atoms with E-state index in [-0.39, 0.29) is 0 Å². The monoisotopic (exact) mass is 143 g/mol. The van der Waals surface area contributed by atoms with E-state index in [1.54, 1.807) is 6.92 Å². The van der Waals surface area contributed by atoms with E-state index in [1.165, 1.54) is 0 Å². The third-order valence-electron chi connectivity index (χ3n) is 1.24. The van der Waals surface area contributed by atoms with Crippen molar-refractivity contribution >= 4 is 0 Å². The molecule has 0 fully saturated rings. The van der Waals surface area contributed by atoms with Gasteiger partial charge < -0.3 is 5.73 Å². The summed E-state index contributed by atoms with van der Waals surface area (Å²) in [6, 6.07) is 0. The molecule has 1 nitrogen and oxygen atoms in total. The molecule has 1 atom stereocenters. The summed E-state index contributed by atoms with van der Waals surface area (Å²) in [7, 11) is 0. The van der Waals surface area contributed by atoms with Gasteiger partial charge in [0.05, 0.1) is 0 Å². The van der Waals surface area contributed by atoms with Gasteiger partial charge in [-0.3, -0.25) is 0 Å². The molecule has 10 heavy (non-hydrogen) atoms. The second-order valence-corrected chi connectivity index (χ2v) is 2.14. The van der Waals surface area contributed by atoms with Crippen molar-refractivity contribution in [2.75, 3.05) is 6.54 Å². The van der Waals surface area contributed by atoms with Crippen LogP contribution in [0.2, 0.25) is 0 Å². The highest BCUT2D eigenvalue weighted by Crippen LogP contribution is 2.03. The van der Waals surface area contributed by atoms with Crippen molar-refractivity contribution in [1.29, 1.82) is 0 Å². The van der Waals surface area contributed by atoms with Gasteiger partial charge in [0.2, 0.25) is 0 Å². The largest absolute Gasteiger partial charge is 0.330 e. The van der Waals surface area contributed by atoms with Crippen molar-refractivity contribution in [1.82, 2.24) is 0 Å². The zero-order chi connectivity index (χ0) is 7.82. The Balaban J connectivity index is 3.18. The summed E-state index contributed by atoms with van der Waals surface area (Å²) in [5.41, 5.74) is 5.16. The van der Waals surface area contributed by atoms with E-state index in [0.29, 0.717) is 25.8 Å². The zero-order valence-corrected chi connectivity index (χ0v) is 6.36. The molecule has 0 aromatic rings. The van der Waals surface area contributed by atoms with Crippen molar-refractivity contribution in [3.8, 4) is 11.8 Å². The summed E-state index contributed by atoms with van der Waals surface area (Å²) < 4.78 is 12.6. The van der Waals surface area contributed by atoms with Crippen LogP contribution in [0.5, 0.6) is 0 Å². The van der Waals surface area contributed by atoms with Gasteiger partial charge in [-0.1, -0.05) is 0 Å². The van der Waals surface area contributed by atoms with E-state index in [0.717, 1.165) is 0 Å². The minimum atomic E-state index is -0.758. The Labute approximate surface area is 61.8 Å². The standard InChI is InChI=1S/C8H14FN/c1-2-3-4-5-8(9)6-7-10/h8H,4-7,10H2,1H3. The Bertz CT molecular complexity index is 123. The first-order valence-electron chi connectivity index (χ1n) is 3.55. The average molecular weight is 143 g/mol. The number of halogens is 1. The van der Waals surface area contributed by atoms with Crippen LogP contribution in [0.25, 0.3) is 0 Å². The molecule has 0 heterocycles.